The SMILES string of the molecule is COC(CN(CCO)CCC[O])OC. The molecule has 14 heavy (non-hydrogen) atoms. The van der Waals surface area contributed by atoms with Gasteiger partial charge in [-0.25, -0.2) is 5.11 Å². The summed E-state index contributed by atoms with van der Waals surface area (Å²) in [6, 6.07) is 0. The van der Waals surface area contributed by atoms with Crippen LogP contribution in [-0.4, -0.2) is 63.4 Å². The number of methoxy groups -OCH3 is 2. The van der Waals surface area contributed by atoms with Gasteiger partial charge in [-0.1, -0.05) is 0 Å². The molecule has 0 aromatic rings. The lowest BCUT2D eigenvalue weighted by molar-refractivity contribution is -0.117. The lowest BCUT2D eigenvalue weighted by atomic mass is 10.3. The van der Waals surface area contributed by atoms with Gasteiger partial charge in [0.15, 0.2) is 6.29 Å². The van der Waals surface area contributed by atoms with E-state index in [1.54, 1.807) is 14.2 Å². The number of rotatable bonds is 9. The average Bonchev–Trinajstić information content (AvgIpc) is 2.22. The lowest BCUT2D eigenvalue weighted by Gasteiger charge is -2.24. The molecule has 85 valence electrons. The predicted molar refractivity (Wildman–Crippen MR) is 51.5 cm³/mol. The van der Waals surface area contributed by atoms with Gasteiger partial charge in [-0.15, -0.1) is 0 Å². The van der Waals surface area contributed by atoms with Crippen LogP contribution < -0.4 is 0 Å². The van der Waals surface area contributed by atoms with E-state index in [1.807, 2.05) is 4.90 Å². The van der Waals surface area contributed by atoms with E-state index in [-0.39, 0.29) is 19.5 Å². The zero-order chi connectivity index (χ0) is 10.8. The van der Waals surface area contributed by atoms with Crippen molar-refractivity contribution in [2.45, 2.75) is 12.7 Å². The summed E-state index contributed by atoms with van der Waals surface area (Å²) in [7, 11) is 3.14. The van der Waals surface area contributed by atoms with Crippen molar-refractivity contribution in [1.82, 2.24) is 4.90 Å². The van der Waals surface area contributed by atoms with Crippen molar-refractivity contribution >= 4 is 0 Å². The molecular formula is C9H20NO4. The fourth-order valence-electron chi connectivity index (χ4n) is 1.18. The van der Waals surface area contributed by atoms with Gasteiger partial charge < -0.3 is 14.6 Å². The quantitative estimate of drug-likeness (QED) is 0.527. The van der Waals surface area contributed by atoms with E-state index in [1.165, 1.54) is 0 Å². The summed E-state index contributed by atoms with van der Waals surface area (Å²) in [5.41, 5.74) is 0. The van der Waals surface area contributed by atoms with E-state index in [4.69, 9.17) is 14.6 Å². The van der Waals surface area contributed by atoms with Crippen molar-refractivity contribution in [1.29, 1.82) is 0 Å². The highest BCUT2D eigenvalue weighted by Gasteiger charge is 2.11. The van der Waals surface area contributed by atoms with E-state index < -0.39 is 0 Å². The highest BCUT2D eigenvalue weighted by Crippen LogP contribution is 1.98. The van der Waals surface area contributed by atoms with Gasteiger partial charge in [-0.05, 0) is 6.42 Å². The molecule has 0 saturated carbocycles. The number of aliphatic hydroxyl groups is 1. The van der Waals surface area contributed by atoms with Gasteiger partial charge in [0.05, 0.1) is 13.2 Å². The number of hydrogen-bond acceptors (Lipinski definition) is 4. The second kappa shape index (κ2) is 9.36. The molecule has 0 rings (SSSR count). The van der Waals surface area contributed by atoms with Crippen LogP contribution in [-0.2, 0) is 14.6 Å². The standard InChI is InChI=1S/C9H20NO4/c1-13-9(14-2)8-10(5-7-12)4-3-6-11/h9,12H,3-8H2,1-2H3. The maximum absolute atomic E-state index is 10.3. The van der Waals surface area contributed by atoms with Crippen LogP contribution in [0.4, 0.5) is 0 Å². The van der Waals surface area contributed by atoms with E-state index in [0.29, 0.717) is 26.1 Å². The normalized spacial score (nSPS) is 11.6. The summed E-state index contributed by atoms with van der Waals surface area (Å²) in [6.07, 6.45) is 0.286. The summed E-state index contributed by atoms with van der Waals surface area (Å²) >= 11 is 0. The van der Waals surface area contributed by atoms with Crippen LogP contribution in [0, 0.1) is 0 Å². The van der Waals surface area contributed by atoms with Crippen molar-refractivity contribution in [3.8, 4) is 0 Å². The molecule has 5 nitrogen and oxygen atoms in total. The molecule has 1 N–H and O–H groups in total. The van der Waals surface area contributed by atoms with Crippen molar-refractivity contribution in [3.05, 3.63) is 0 Å². The van der Waals surface area contributed by atoms with Crippen LogP contribution in [0.3, 0.4) is 0 Å². The summed E-state index contributed by atoms with van der Waals surface area (Å²) in [6.45, 7) is 1.79. The second-order valence-corrected chi connectivity index (χ2v) is 2.98. The minimum Gasteiger partial charge on any atom is -0.395 e. The summed E-state index contributed by atoms with van der Waals surface area (Å²) in [4.78, 5) is 1.95. The van der Waals surface area contributed by atoms with Crippen LogP contribution in [0.1, 0.15) is 6.42 Å². The average molecular weight is 206 g/mol. The Kier molecular flexibility index (Phi) is 9.23. The first-order valence-corrected chi connectivity index (χ1v) is 4.75. The van der Waals surface area contributed by atoms with Crippen LogP contribution >= 0.6 is 0 Å². The predicted octanol–water partition coefficient (Wildman–Crippen LogP) is -0.280. The molecule has 0 saturated heterocycles. The Morgan fingerprint density at radius 1 is 1.29 bits per heavy atom. The van der Waals surface area contributed by atoms with E-state index >= 15 is 0 Å². The van der Waals surface area contributed by atoms with Gasteiger partial charge in [0, 0.05) is 33.9 Å². The third kappa shape index (κ3) is 6.28. The first-order chi connectivity index (χ1) is 6.78. The number of ether oxygens (including phenoxy) is 2. The van der Waals surface area contributed by atoms with Gasteiger partial charge in [-0.2, -0.15) is 0 Å². The molecule has 0 amide bonds. The van der Waals surface area contributed by atoms with Gasteiger partial charge in [0.2, 0.25) is 0 Å². The monoisotopic (exact) mass is 206 g/mol. The van der Waals surface area contributed by atoms with E-state index in [2.05, 4.69) is 0 Å². The second-order valence-electron chi connectivity index (χ2n) is 2.98. The molecule has 0 fully saturated rings. The van der Waals surface area contributed by atoms with Crippen LogP contribution in [0.5, 0.6) is 0 Å². The zero-order valence-corrected chi connectivity index (χ0v) is 8.94. The molecule has 0 aliphatic rings. The van der Waals surface area contributed by atoms with E-state index in [9.17, 15) is 5.11 Å². The Labute approximate surface area is 85.2 Å². The Hall–Kier alpha value is -0.200. The minimum atomic E-state index is -0.298. The van der Waals surface area contributed by atoms with Crippen LogP contribution in [0.15, 0.2) is 0 Å². The molecule has 0 aliphatic heterocycles. The number of hydrogen-bond donors (Lipinski definition) is 1. The Morgan fingerprint density at radius 2 is 1.93 bits per heavy atom. The molecule has 0 bridgehead atoms. The smallest absolute Gasteiger partial charge is 0.169 e. The third-order valence-corrected chi connectivity index (χ3v) is 1.97. The van der Waals surface area contributed by atoms with Crippen molar-refractivity contribution in [2.24, 2.45) is 0 Å². The molecule has 5 heteroatoms. The first-order valence-electron chi connectivity index (χ1n) is 4.75. The first kappa shape index (κ1) is 13.8. The Balaban J connectivity index is 3.80. The lowest BCUT2D eigenvalue weighted by Crippen LogP contribution is -2.37. The molecule has 0 aromatic carbocycles. The maximum Gasteiger partial charge on any atom is 0.169 e. The highest BCUT2D eigenvalue weighted by molar-refractivity contribution is 4.59. The van der Waals surface area contributed by atoms with Crippen molar-refractivity contribution in [2.75, 3.05) is 47.1 Å². The molecule has 0 atom stereocenters. The molecular weight excluding hydrogens is 186 g/mol. The van der Waals surface area contributed by atoms with Gasteiger partial charge in [-0.3, -0.25) is 4.90 Å². The minimum absolute atomic E-state index is 0.0823. The summed E-state index contributed by atoms with van der Waals surface area (Å²) in [5, 5.41) is 19.1. The summed E-state index contributed by atoms with van der Waals surface area (Å²) in [5.74, 6) is 0. The molecule has 0 heterocycles. The van der Waals surface area contributed by atoms with Gasteiger partial charge in [0.25, 0.3) is 0 Å². The largest absolute Gasteiger partial charge is 0.395 e. The zero-order valence-electron chi connectivity index (χ0n) is 8.94. The third-order valence-electron chi connectivity index (χ3n) is 1.97. The Morgan fingerprint density at radius 3 is 2.36 bits per heavy atom. The van der Waals surface area contributed by atoms with Crippen LogP contribution in [0.25, 0.3) is 0 Å². The van der Waals surface area contributed by atoms with Gasteiger partial charge in [0.1, 0.15) is 0 Å². The van der Waals surface area contributed by atoms with Gasteiger partial charge >= 0.3 is 0 Å². The number of aliphatic hydroxyl groups excluding tert-OH is 1. The van der Waals surface area contributed by atoms with Crippen LogP contribution in [0.2, 0.25) is 0 Å². The molecule has 0 aliphatic carbocycles. The fourth-order valence-corrected chi connectivity index (χ4v) is 1.18. The fraction of sp³-hybridized carbons (Fsp3) is 1.00. The number of nitrogens with zero attached hydrogens (tertiary/aromatic N) is 1. The molecule has 0 spiro atoms. The Bertz CT molecular complexity index is 119. The van der Waals surface area contributed by atoms with E-state index in [0.717, 1.165) is 0 Å². The molecule has 0 aromatic heterocycles. The highest BCUT2D eigenvalue weighted by atomic mass is 16.7. The molecule has 0 unspecified atom stereocenters. The van der Waals surface area contributed by atoms with Crippen molar-refractivity contribution < 1.29 is 19.7 Å². The summed E-state index contributed by atoms with van der Waals surface area (Å²) < 4.78 is 10.1. The van der Waals surface area contributed by atoms with Crippen molar-refractivity contribution in [3.63, 3.8) is 0 Å². The topological polar surface area (TPSA) is 61.8 Å². The molecule has 1 radical (unpaired) electrons. The maximum atomic E-state index is 10.3.